The Morgan fingerprint density at radius 3 is 2.33 bits per heavy atom. The Morgan fingerprint density at radius 2 is 1.87 bits per heavy atom. The van der Waals surface area contributed by atoms with Gasteiger partial charge >= 0.3 is 6.18 Å². The average molecular weight is 221 g/mol. The predicted octanol–water partition coefficient (Wildman–Crippen LogP) is 3.12. The van der Waals surface area contributed by atoms with Crippen molar-refractivity contribution in [1.82, 2.24) is 5.32 Å². The van der Waals surface area contributed by atoms with Crippen LogP contribution in [0.1, 0.15) is 24.1 Å². The molecule has 0 heterocycles. The second-order valence-electron chi connectivity index (χ2n) is 3.25. The van der Waals surface area contributed by atoms with E-state index in [0.717, 1.165) is 12.1 Å². The molecule has 0 spiro atoms. The van der Waals surface area contributed by atoms with Crippen molar-refractivity contribution in [1.29, 1.82) is 0 Å². The molecule has 0 radical (unpaired) electrons. The van der Waals surface area contributed by atoms with Crippen molar-refractivity contribution < 1.29 is 17.6 Å². The molecule has 1 aromatic rings. The first-order chi connectivity index (χ1) is 6.86. The summed E-state index contributed by atoms with van der Waals surface area (Å²) in [5, 5.41) is 2.79. The number of alkyl halides is 3. The minimum absolute atomic E-state index is 0.244. The van der Waals surface area contributed by atoms with Crippen LogP contribution in [-0.4, -0.2) is 7.05 Å². The van der Waals surface area contributed by atoms with Crippen LogP contribution in [0.15, 0.2) is 18.2 Å². The van der Waals surface area contributed by atoms with E-state index in [9.17, 15) is 17.6 Å². The standard InChI is InChI=1S/C10H11F4N/c1-6(15-2)7-3-4-9(11)8(5-7)10(12,13)14/h3-6,15H,1-2H3. The Hall–Kier alpha value is -1.10. The molecule has 1 rings (SSSR count). The molecule has 1 nitrogen and oxygen atoms in total. The van der Waals surface area contributed by atoms with Crippen LogP contribution in [0, 0.1) is 5.82 Å². The molecule has 1 N–H and O–H groups in total. The van der Waals surface area contributed by atoms with E-state index in [0.29, 0.717) is 5.56 Å². The minimum Gasteiger partial charge on any atom is -0.313 e. The highest BCUT2D eigenvalue weighted by atomic mass is 19.4. The zero-order valence-electron chi connectivity index (χ0n) is 8.32. The summed E-state index contributed by atoms with van der Waals surface area (Å²) in [6.07, 6.45) is -4.65. The van der Waals surface area contributed by atoms with E-state index in [1.54, 1.807) is 14.0 Å². The van der Waals surface area contributed by atoms with Gasteiger partial charge in [0.25, 0.3) is 0 Å². The van der Waals surface area contributed by atoms with E-state index < -0.39 is 17.6 Å². The Kier molecular flexibility index (Phi) is 3.34. The highest BCUT2D eigenvalue weighted by Gasteiger charge is 2.34. The molecule has 0 aliphatic rings. The highest BCUT2D eigenvalue weighted by molar-refractivity contribution is 5.29. The molecular weight excluding hydrogens is 210 g/mol. The summed E-state index contributed by atoms with van der Waals surface area (Å²) in [4.78, 5) is 0. The van der Waals surface area contributed by atoms with Gasteiger partial charge in [0.05, 0.1) is 5.56 Å². The Labute approximate surface area is 85.1 Å². The normalized spacial score (nSPS) is 14.0. The Morgan fingerprint density at radius 1 is 1.27 bits per heavy atom. The summed E-state index contributed by atoms with van der Waals surface area (Å²) in [7, 11) is 1.63. The summed E-state index contributed by atoms with van der Waals surface area (Å²) in [5.74, 6) is -1.24. The van der Waals surface area contributed by atoms with Crippen molar-refractivity contribution >= 4 is 0 Å². The summed E-state index contributed by atoms with van der Waals surface area (Å²) in [6, 6.07) is 2.76. The van der Waals surface area contributed by atoms with Crippen LogP contribution in [0.5, 0.6) is 0 Å². The van der Waals surface area contributed by atoms with Crippen LogP contribution in [0.2, 0.25) is 0 Å². The van der Waals surface area contributed by atoms with Crippen molar-refractivity contribution in [3.05, 3.63) is 35.1 Å². The second kappa shape index (κ2) is 4.18. The number of rotatable bonds is 2. The summed E-state index contributed by atoms with van der Waals surface area (Å²) >= 11 is 0. The summed E-state index contributed by atoms with van der Waals surface area (Å²) in [6.45, 7) is 1.70. The largest absolute Gasteiger partial charge is 0.419 e. The second-order valence-corrected chi connectivity index (χ2v) is 3.25. The van der Waals surface area contributed by atoms with Gasteiger partial charge in [0.1, 0.15) is 5.82 Å². The number of hydrogen-bond donors (Lipinski definition) is 1. The highest BCUT2D eigenvalue weighted by Crippen LogP contribution is 2.32. The van der Waals surface area contributed by atoms with Crippen molar-refractivity contribution in [3.8, 4) is 0 Å². The fourth-order valence-electron chi connectivity index (χ4n) is 1.20. The smallest absolute Gasteiger partial charge is 0.313 e. The van der Waals surface area contributed by atoms with Gasteiger partial charge in [-0.25, -0.2) is 4.39 Å². The van der Waals surface area contributed by atoms with E-state index in [-0.39, 0.29) is 6.04 Å². The van der Waals surface area contributed by atoms with Gasteiger partial charge in [-0.1, -0.05) is 6.07 Å². The van der Waals surface area contributed by atoms with Crippen LogP contribution in [0.4, 0.5) is 17.6 Å². The first-order valence-electron chi connectivity index (χ1n) is 4.40. The molecule has 0 saturated heterocycles. The summed E-state index contributed by atoms with van der Waals surface area (Å²) < 4.78 is 49.9. The van der Waals surface area contributed by atoms with E-state index in [1.807, 2.05) is 0 Å². The number of nitrogens with one attached hydrogen (secondary N) is 1. The first-order valence-corrected chi connectivity index (χ1v) is 4.40. The van der Waals surface area contributed by atoms with Crippen LogP contribution in [0.3, 0.4) is 0 Å². The molecule has 0 aliphatic heterocycles. The molecule has 0 aromatic heterocycles. The topological polar surface area (TPSA) is 12.0 Å². The van der Waals surface area contributed by atoms with E-state index in [2.05, 4.69) is 5.32 Å². The fraction of sp³-hybridized carbons (Fsp3) is 0.400. The monoisotopic (exact) mass is 221 g/mol. The fourth-order valence-corrected chi connectivity index (χ4v) is 1.20. The van der Waals surface area contributed by atoms with Crippen molar-refractivity contribution in [3.63, 3.8) is 0 Å². The van der Waals surface area contributed by atoms with E-state index in [4.69, 9.17) is 0 Å². The van der Waals surface area contributed by atoms with Gasteiger partial charge in [-0.2, -0.15) is 13.2 Å². The van der Waals surface area contributed by atoms with E-state index in [1.165, 1.54) is 6.07 Å². The minimum atomic E-state index is -4.65. The SMILES string of the molecule is CNC(C)c1ccc(F)c(C(F)(F)F)c1. The quantitative estimate of drug-likeness (QED) is 0.756. The molecule has 1 atom stereocenters. The first kappa shape index (κ1) is 12.0. The lowest BCUT2D eigenvalue weighted by molar-refractivity contribution is -0.140. The Balaban J connectivity index is 3.17. The number of halogens is 4. The molecular formula is C10H11F4N. The lowest BCUT2D eigenvalue weighted by atomic mass is 10.0. The molecule has 0 bridgehead atoms. The van der Waals surface area contributed by atoms with Crippen LogP contribution >= 0.6 is 0 Å². The molecule has 5 heteroatoms. The van der Waals surface area contributed by atoms with Gasteiger partial charge < -0.3 is 5.32 Å². The molecule has 0 aliphatic carbocycles. The maximum absolute atomic E-state index is 12.9. The molecule has 0 amide bonds. The van der Waals surface area contributed by atoms with Gasteiger partial charge in [-0.15, -0.1) is 0 Å². The zero-order chi connectivity index (χ0) is 11.6. The number of benzene rings is 1. The van der Waals surface area contributed by atoms with Gasteiger partial charge in [0.15, 0.2) is 0 Å². The molecule has 1 unspecified atom stereocenters. The van der Waals surface area contributed by atoms with Crippen molar-refractivity contribution in [2.24, 2.45) is 0 Å². The van der Waals surface area contributed by atoms with Crippen LogP contribution in [-0.2, 0) is 6.18 Å². The third kappa shape index (κ3) is 2.68. The maximum atomic E-state index is 12.9. The van der Waals surface area contributed by atoms with Crippen molar-refractivity contribution in [2.75, 3.05) is 7.05 Å². The van der Waals surface area contributed by atoms with Gasteiger partial charge in [0, 0.05) is 6.04 Å². The van der Waals surface area contributed by atoms with Gasteiger partial charge in [-0.05, 0) is 31.7 Å². The lowest BCUT2D eigenvalue weighted by Gasteiger charge is -2.14. The average Bonchev–Trinajstić information content (AvgIpc) is 2.15. The third-order valence-corrected chi connectivity index (χ3v) is 2.23. The van der Waals surface area contributed by atoms with Crippen molar-refractivity contribution in [2.45, 2.75) is 19.1 Å². The third-order valence-electron chi connectivity index (χ3n) is 2.23. The van der Waals surface area contributed by atoms with Crippen LogP contribution < -0.4 is 5.32 Å². The Bertz CT molecular complexity index is 346. The number of hydrogen-bond acceptors (Lipinski definition) is 1. The maximum Gasteiger partial charge on any atom is 0.419 e. The molecule has 84 valence electrons. The van der Waals surface area contributed by atoms with E-state index >= 15 is 0 Å². The van der Waals surface area contributed by atoms with Gasteiger partial charge in [-0.3, -0.25) is 0 Å². The van der Waals surface area contributed by atoms with Crippen LogP contribution in [0.25, 0.3) is 0 Å². The lowest BCUT2D eigenvalue weighted by Crippen LogP contribution is -2.15. The summed E-state index contributed by atoms with van der Waals surface area (Å²) in [5.41, 5.74) is -0.812. The molecule has 0 fully saturated rings. The zero-order valence-corrected chi connectivity index (χ0v) is 8.32. The predicted molar refractivity (Wildman–Crippen MR) is 48.9 cm³/mol. The molecule has 15 heavy (non-hydrogen) atoms. The molecule has 1 aromatic carbocycles. The van der Waals surface area contributed by atoms with Gasteiger partial charge in [0.2, 0.25) is 0 Å². The molecule has 0 saturated carbocycles.